The van der Waals surface area contributed by atoms with E-state index in [-0.39, 0.29) is 16.6 Å². The molecular weight excluding hydrogens is 574 g/mol. The quantitative estimate of drug-likeness (QED) is 0.214. The lowest BCUT2D eigenvalue weighted by molar-refractivity contribution is 0.480. The zero-order valence-corrected chi connectivity index (χ0v) is 28.7. The van der Waals surface area contributed by atoms with Gasteiger partial charge in [0, 0.05) is 27.8 Å². The first-order valence-corrected chi connectivity index (χ1v) is 16.5. The van der Waals surface area contributed by atoms with Gasteiger partial charge in [0.1, 0.15) is 17.1 Å². The number of rotatable bonds is 4. The second-order valence-corrected chi connectivity index (χ2v) is 15.4. The first-order chi connectivity index (χ1) is 22.2. The van der Waals surface area contributed by atoms with Gasteiger partial charge in [-0.25, -0.2) is 9.97 Å². The number of aromatic nitrogens is 3. The van der Waals surface area contributed by atoms with E-state index in [0.717, 1.165) is 44.6 Å². The molecule has 4 nitrogen and oxygen atoms in total. The Balaban J connectivity index is 1.36. The summed E-state index contributed by atoms with van der Waals surface area (Å²) in [7, 11) is 0. The van der Waals surface area contributed by atoms with Crippen molar-refractivity contribution in [3.05, 3.63) is 132 Å². The Bertz CT molecular complexity index is 2290. The minimum atomic E-state index is -0.443. The second-order valence-electron chi connectivity index (χ2n) is 15.4. The standard InChI is InChI=1S/C43H43N3O/c1-41(2,3)28-15-13-27(14-16-28)31-19-21-37(47)40-34(31)20-22-38(45-40)43(7,8)30-17-18-33-32-11-9-10-12-35(32)46(36(33)25-30)39-26-29(23-24-44-39)42(4,5)6/h9-26,47H,1-8H3. The Labute approximate surface area is 277 Å². The molecule has 0 saturated heterocycles. The van der Waals surface area contributed by atoms with Crippen LogP contribution in [0, 0.1) is 0 Å². The normalized spacial score (nSPS) is 12.8. The Morgan fingerprint density at radius 1 is 0.574 bits per heavy atom. The molecule has 47 heavy (non-hydrogen) atoms. The molecule has 4 aromatic carbocycles. The fraction of sp³-hybridized carbons (Fsp3) is 0.256. The summed E-state index contributed by atoms with van der Waals surface area (Å²) >= 11 is 0. The first-order valence-electron chi connectivity index (χ1n) is 16.5. The van der Waals surface area contributed by atoms with E-state index in [9.17, 15) is 5.11 Å². The summed E-state index contributed by atoms with van der Waals surface area (Å²) in [5.41, 5.74) is 9.26. The van der Waals surface area contributed by atoms with Crippen LogP contribution in [0.2, 0.25) is 0 Å². The molecule has 4 heteroatoms. The number of nitrogens with zero attached hydrogens (tertiary/aromatic N) is 3. The van der Waals surface area contributed by atoms with Crippen molar-refractivity contribution in [1.82, 2.24) is 14.5 Å². The fourth-order valence-electron chi connectivity index (χ4n) is 6.71. The van der Waals surface area contributed by atoms with Crippen LogP contribution in [-0.2, 0) is 16.2 Å². The van der Waals surface area contributed by atoms with Crippen molar-refractivity contribution in [1.29, 1.82) is 0 Å². The zero-order chi connectivity index (χ0) is 33.3. The number of hydrogen-bond acceptors (Lipinski definition) is 3. The van der Waals surface area contributed by atoms with Gasteiger partial charge >= 0.3 is 0 Å². The van der Waals surface area contributed by atoms with Gasteiger partial charge in [0.2, 0.25) is 0 Å². The molecule has 0 bridgehead atoms. The topological polar surface area (TPSA) is 50.9 Å². The molecule has 3 heterocycles. The van der Waals surface area contributed by atoms with Gasteiger partial charge < -0.3 is 5.11 Å². The van der Waals surface area contributed by atoms with Crippen molar-refractivity contribution in [2.45, 2.75) is 71.6 Å². The van der Waals surface area contributed by atoms with Gasteiger partial charge in [-0.3, -0.25) is 4.57 Å². The molecule has 1 N–H and O–H groups in total. The number of fused-ring (bicyclic) bond motifs is 4. The summed E-state index contributed by atoms with van der Waals surface area (Å²) in [5.74, 6) is 1.10. The predicted molar refractivity (Wildman–Crippen MR) is 197 cm³/mol. The maximum Gasteiger partial charge on any atom is 0.141 e. The second kappa shape index (κ2) is 10.8. The van der Waals surface area contributed by atoms with Crippen LogP contribution in [0.25, 0.3) is 49.7 Å². The Hall–Kier alpha value is -4.96. The van der Waals surface area contributed by atoms with Gasteiger partial charge in [0.05, 0.1) is 16.7 Å². The SMILES string of the molecule is CC(C)(C)c1ccc(-c2ccc(O)c3nc(C(C)(C)c4ccc5c6ccccc6n(-c6cc(C(C)(C)C)ccn6)c5c4)ccc23)cc1. The smallest absolute Gasteiger partial charge is 0.141 e. The van der Waals surface area contributed by atoms with E-state index < -0.39 is 5.41 Å². The lowest BCUT2D eigenvalue weighted by Crippen LogP contribution is -2.20. The Morgan fingerprint density at radius 2 is 1.23 bits per heavy atom. The van der Waals surface area contributed by atoms with E-state index in [1.807, 2.05) is 12.3 Å². The fourth-order valence-corrected chi connectivity index (χ4v) is 6.71. The molecule has 0 aliphatic heterocycles. The summed E-state index contributed by atoms with van der Waals surface area (Å²) < 4.78 is 2.29. The molecule has 0 saturated carbocycles. The number of benzene rings is 4. The molecule has 0 aliphatic rings. The maximum atomic E-state index is 11.0. The highest BCUT2D eigenvalue weighted by atomic mass is 16.3. The first kappa shape index (κ1) is 30.7. The van der Waals surface area contributed by atoms with Gasteiger partial charge in [0.25, 0.3) is 0 Å². The largest absolute Gasteiger partial charge is 0.506 e. The van der Waals surface area contributed by atoms with Crippen LogP contribution < -0.4 is 0 Å². The molecule has 0 unspecified atom stereocenters. The third kappa shape index (κ3) is 5.26. The van der Waals surface area contributed by atoms with Gasteiger partial charge in [-0.15, -0.1) is 0 Å². The monoisotopic (exact) mass is 617 g/mol. The molecule has 7 rings (SSSR count). The van der Waals surface area contributed by atoms with Crippen LogP contribution in [0.15, 0.2) is 109 Å². The highest BCUT2D eigenvalue weighted by molar-refractivity contribution is 6.09. The van der Waals surface area contributed by atoms with Crippen molar-refractivity contribution in [3.8, 4) is 22.7 Å². The van der Waals surface area contributed by atoms with Crippen LogP contribution in [0.1, 0.15) is 77.8 Å². The zero-order valence-electron chi connectivity index (χ0n) is 28.7. The van der Waals surface area contributed by atoms with E-state index in [1.54, 1.807) is 6.07 Å². The number of phenolic OH excluding ortho intramolecular Hbond substituents is 1. The third-order valence-corrected chi connectivity index (χ3v) is 9.77. The van der Waals surface area contributed by atoms with Crippen molar-refractivity contribution >= 4 is 32.7 Å². The highest BCUT2D eigenvalue weighted by Gasteiger charge is 2.28. The molecule has 0 radical (unpaired) electrons. The molecule has 0 aliphatic carbocycles. The van der Waals surface area contributed by atoms with Gasteiger partial charge in [-0.05, 0) is 81.1 Å². The molecule has 0 amide bonds. The third-order valence-electron chi connectivity index (χ3n) is 9.77. The average molecular weight is 618 g/mol. The minimum Gasteiger partial charge on any atom is -0.506 e. The molecule has 3 aromatic heterocycles. The molecule has 236 valence electrons. The van der Waals surface area contributed by atoms with Gasteiger partial charge in [-0.2, -0.15) is 0 Å². The van der Waals surface area contributed by atoms with E-state index in [1.165, 1.54) is 21.9 Å². The van der Waals surface area contributed by atoms with E-state index in [4.69, 9.17) is 9.97 Å². The molecule has 7 aromatic rings. The molecule has 0 fully saturated rings. The van der Waals surface area contributed by atoms with Crippen LogP contribution in [-0.4, -0.2) is 19.6 Å². The summed E-state index contributed by atoms with van der Waals surface area (Å²) in [6.07, 6.45) is 1.92. The maximum absolute atomic E-state index is 11.0. The van der Waals surface area contributed by atoms with Crippen LogP contribution in [0.4, 0.5) is 0 Å². The van der Waals surface area contributed by atoms with Crippen molar-refractivity contribution < 1.29 is 5.11 Å². The van der Waals surface area contributed by atoms with Crippen LogP contribution in [0.5, 0.6) is 5.75 Å². The lowest BCUT2D eigenvalue weighted by atomic mass is 9.80. The van der Waals surface area contributed by atoms with Crippen molar-refractivity contribution in [3.63, 3.8) is 0 Å². The summed E-state index contributed by atoms with van der Waals surface area (Å²) in [6.45, 7) is 17.8. The van der Waals surface area contributed by atoms with Crippen LogP contribution in [0.3, 0.4) is 0 Å². The molecule has 0 spiro atoms. The number of aromatic hydroxyl groups is 1. The van der Waals surface area contributed by atoms with Gasteiger partial charge in [-0.1, -0.05) is 116 Å². The van der Waals surface area contributed by atoms with E-state index in [0.29, 0.717) is 5.52 Å². The van der Waals surface area contributed by atoms with E-state index in [2.05, 4.69) is 151 Å². The number of phenols is 1. The summed E-state index contributed by atoms with van der Waals surface area (Å²) in [5, 5.41) is 14.4. The molecular formula is C43H43N3O. The average Bonchev–Trinajstić information content (AvgIpc) is 3.38. The number of para-hydroxylation sites is 1. The minimum absolute atomic E-state index is 0.00660. The number of pyridine rings is 2. The summed E-state index contributed by atoms with van der Waals surface area (Å²) in [4.78, 5) is 10.0. The van der Waals surface area contributed by atoms with Crippen LogP contribution >= 0.6 is 0 Å². The van der Waals surface area contributed by atoms with Gasteiger partial charge in [0.15, 0.2) is 0 Å². The Morgan fingerprint density at radius 3 is 1.96 bits per heavy atom. The van der Waals surface area contributed by atoms with Crippen molar-refractivity contribution in [2.75, 3.05) is 0 Å². The highest BCUT2D eigenvalue weighted by Crippen LogP contribution is 2.40. The predicted octanol–water partition coefficient (Wildman–Crippen LogP) is 11.0. The number of hydrogen-bond donors (Lipinski definition) is 1. The van der Waals surface area contributed by atoms with Crippen molar-refractivity contribution in [2.24, 2.45) is 0 Å². The van der Waals surface area contributed by atoms with E-state index >= 15 is 0 Å². The lowest BCUT2D eigenvalue weighted by Gasteiger charge is -2.26. The molecule has 0 atom stereocenters. The summed E-state index contributed by atoms with van der Waals surface area (Å²) in [6, 6.07) is 36.3. The Kier molecular flexibility index (Phi) is 7.05.